The van der Waals surface area contributed by atoms with Crippen molar-refractivity contribution < 1.29 is 9.28 Å². The molecule has 2 heterocycles. The summed E-state index contributed by atoms with van der Waals surface area (Å²) in [6, 6.07) is 7.65. The summed E-state index contributed by atoms with van der Waals surface area (Å²) in [5.74, 6) is 0. The summed E-state index contributed by atoms with van der Waals surface area (Å²) >= 11 is 0. The zero-order chi connectivity index (χ0) is 15.9. The lowest BCUT2D eigenvalue weighted by molar-refractivity contribution is -0.542. The Bertz CT molecular complexity index is 630. The first-order valence-electron chi connectivity index (χ1n) is 7.75. The van der Waals surface area contributed by atoms with Crippen molar-refractivity contribution >= 4 is 11.0 Å². The highest BCUT2D eigenvalue weighted by atomic mass is 16.5. The Morgan fingerprint density at radius 1 is 1.32 bits per heavy atom. The minimum absolute atomic E-state index is 0.170. The second-order valence-electron chi connectivity index (χ2n) is 5.29. The first-order valence-corrected chi connectivity index (χ1v) is 7.75. The van der Waals surface area contributed by atoms with Crippen molar-refractivity contribution in [2.75, 3.05) is 40.4 Å². The number of nitrogens with one attached hydrogen (secondary N) is 2. The third-order valence-corrected chi connectivity index (χ3v) is 3.69. The van der Waals surface area contributed by atoms with Crippen LogP contribution < -0.4 is 9.86 Å². The van der Waals surface area contributed by atoms with Gasteiger partial charge in [0.1, 0.15) is 0 Å². The maximum Gasteiger partial charge on any atom is 0.249 e. The van der Waals surface area contributed by atoms with E-state index in [1.807, 2.05) is 43.0 Å². The molecule has 7 nitrogen and oxygen atoms in total. The number of hydrogen-bond acceptors (Lipinski definition) is 4. The highest BCUT2D eigenvalue weighted by molar-refractivity contribution is 5.70. The van der Waals surface area contributed by atoms with Gasteiger partial charge in [-0.3, -0.25) is 4.90 Å². The van der Waals surface area contributed by atoms with E-state index in [0.29, 0.717) is 5.52 Å². The van der Waals surface area contributed by atoms with Crippen LogP contribution in [0.2, 0.25) is 0 Å². The van der Waals surface area contributed by atoms with Gasteiger partial charge in [0.25, 0.3) is 0 Å². The van der Waals surface area contributed by atoms with E-state index in [9.17, 15) is 4.91 Å². The molecular formula is C15H26N5O2+. The molecular weight excluding hydrogens is 282 g/mol. The molecule has 3 rings (SSSR count). The van der Waals surface area contributed by atoms with Crippen molar-refractivity contribution in [1.29, 1.82) is 0 Å². The molecule has 1 aliphatic rings. The van der Waals surface area contributed by atoms with Crippen LogP contribution in [-0.2, 0) is 4.74 Å². The van der Waals surface area contributed by atoms with Crippen molar-refractivity contribution in [3.8, 4) is 0 Å². The van der Waals surface area contributed by atoms with E-state index < -0.39 is 0 Å². The lowest BCUT2D eigenvalue weighted by Gasteiger charge is -2.31. The summed E-state index contributed by atoms with van der Waals surface area (Å²) < 4.78 is 8.19. The maximum absolute atomic E-state index is 11.9. The van der Waals surface area contributed by atoms with Gasteiger partial charge in [0, 0.05) is 19.5 Å². The van der Waals surface area contributed by atoms with Crippen molar-refractivity contribution in [3.63, 3.8) is 0 Å². The third-order valence-electron chi connectivity index (χ3n) is 3.69. The molecule has 0 radical (unpaired) electrons. The van der Waals surface area contributed by atoms with E-state index in [0.717, 1.165) is 42.8 Å². The number of aromatic nitrogens is 3. The molecule has 0 bridgehead atoms. The summed E-state index contributed by atoms with van der Waals surface area (Å²) in [5.41, 5.74) is 1.62. The molecule has 1 fully saturated rings. The van der Waals surface area contributed by atoms with Crippen LogP contribution in [0.1, 0.15) is 19.5 Å². The number of morpholine rings is 1. The summed E-state index contributed by atoms with van der Waals surface area (Å²) in [7, 11) is 3.75. The summed E-state index contributed by atoms with van der Waals surface area (Å²) in [5, 5.41) is 5.65. The van der Waals surface area contributed by atoms with E-state index in [2.05, 4.69) is 22.4 Å². The Labute approximate surface area is 130 Å². The molecule has 1 aliphatic heterocycles. The Morgan fingerprint density at radius 3 is 2.59 bits per heavy atom. The molecule has 0 saturated carbocycles. The number of H-pyrrole nitrogens is 1. The summed E-state index contributed by atoms with van der Waals surface area (Å²) in [4.78, 5) is 14.3. The maximum atomic E-state index is 11.9. The van der Waals surface area contributed by atoms with Gasteiger partial charge in [-0.25, -0.2) is 0 Å². The molecule has 0 amide bonds. The lowest BCUT2D eigenvalue weighted by Crippen LogP contribution is -2.42. The largest absolute Gasteiger partial charge is 0.379 e. The number of hydrogen-bond donors (Lipinski definition) is 2. The van der Waals surface area contributed by atoms with Gasteiger partial charge in [-0.2, -0.15) is 0 Å². The number of aromatic amines is 1. The standard InChI is InChI=1S/C13H19N4O2.C2H7N/c1-2-13(15-7-9-19-10-8-15)16-11-5-3-4-6-12(11)17(18)14-16;1-3-2/h3-6,13H,2,7-10H2,1H3,(H,14,18);3H,1-2H3/q+1;. The molecule has 1 atom stereocenters. The molecule has 2 N–H and O–H groups in total. The average molecular weight is 308 g/mol. The van der Waals surface area contributed by atoms with Gasteiger partial charge in [-0.1, -0.05) is 24.3 Å². The molecule has 1 aromatic heterocycles. The van der Waals surface area contributed by atoms with Gasteiger partial charge in [-0.05, 0) is 31.1 Å². The lowest BCUT2D eigenvalue weighted by atomic mass is 10.2. The fourth-order valence-corrected chi connectivity index (χ4v) is 2.75. The normalized spacial score (nSPS) is 17.0. The van der Waals surface area contributed by atoms with Gasteiger partial charge >= 0.3 is 0 Å². The molecule has 122 valence electrons. The van der Waals surface area contributed by atoms with Crippen molar-refractivity contribution in [2.45, 2.75) is 19.5 Å². The van der Waals surface area contributed by atoms with E-state index >= 15 is 0 Å². The van der Waals surface area contributed by atoms with Crippen LogP contribution in [0.15, 0.2) is 24.3 Å². The Hall–Kier alpha value is -1.70. The Balaban J connectivity index is 0.000000545. The molecule has 1 aromatic carbocycles. The molecule has 7 heteroatoms. The summed E-state index contributed by atoms with van der Waals surface area (Å²) in [6.07, 6.45) is 1.11. The summed E-state index contributed by atoms with van der Waals surface area (Å²) in [6.45, 7) is 5.45. The monoisotopic (exact) mass is 308 g/mol. The molecule has 1 saturated heterocycles. The van der Waals surface area contributed by atoms with Crippen LogP contribution in [0.4, 0.5) is 0 Å². The molecule has 0 aliphatic carbocycles. The van der Waals surface area contributed by atoms with Gasteiger partial charge in [0.2, 0.25) is 11.0 Å². The van der Waals surface area contributed by atoms with Crippen molar-refractivity contribution in [2.24, 2.45) is 0 Å². The first kappa shape index (κ1) is 16.7. The van der Waals surface area contributed by atoms with E-state index in [1.165, 1.54) is 0 Å². The topological polar surface area (TPSA) is 68.2 Å². The van der Waals surface area contributed by atoms with Gasteiger partial charge in [0.15, 0.2) is 6.17 Å². The van der Waals surface area contributed by atoms with E-state index in [4.69, 9.17) is 4.74 Å². The fraction of sp³-hybridized carbons (Fsp3) is 0.600. The second kappa shape index (κ2) is 8.07. The van der Waals surface area contributed by atoms with Crippen molar-refractivity contribution in [1.82, 2.24) is 20.1 Å². The number of nitrogens with zero attached hydrogens (tertiary/aromatic N) is 3. The highest BCUT2D eigenvalue weighted by Crippen LogP contribution is 2.21. The second-order valence-corrected chi connectivity index (χ2v) is 5.29. The minimum Gasteiger partial charge on any atom is -0.379 e. The number of ether oxygens (including phenoxy) is 1. The number of fused-ring (bicyclic) bond motifs is 1. The van der Waals surface area contributed by atoms with Crippen LogP contribution in [0, 0.1) is 4.91 Å². The van der Waals surface area contributed by atoms with E-state index in [-0.39, 0.29) is 6.17 Å². The highest BCUT2D eigenvalue weighted by Gasteiger charge is 2.28. The zero-order valence-corrected chi connectivity index (χ0v) is 13.6. The number of rotatable bonds is 3. The Morgan fingerprint density at radius 2 is 1.95 bits per heavy atom. The molecule has 0 spiro atoms. The fourth-order valence-electron chi connectivity index (χ4n) is 2.75. The Kier molecular flexibility index (Phi) is 6.11. The predicted molar refractivity (Wildman–Crippen MR) is 86.4 cm³/mol. The van der Waals surface area contributed by atoms with Crippen LogP contribution >= 0.6 is 0 Å². The first-order chi connectivity index (χ1) is 10.7. The van der Waals surface area contributed by atoms with E-state index in [1.54, 1.807) is 0 Å². The van der Waals surface area contributed by atoms with Gasteiger partial charge in [-0.15, -0.1) is 4.68 Å². The van der Waals surface area contributed by atoms with Gasteiger partial charge < -0.3 is 10.1 Å². The molecule has 22 heavy (non-hydrogen) atoms. The van der Waals surface area contributed by atoms with Crippen LogP contribution in [0.25, 0.3) is 11.0 Å². The quantitative estimate of drug-likeness (QED) is 0.829. The number of benzene rings is 1. The third kappa shape index (κ3) is 3.55. The number of para-hydroxylation sites is 2. The molecule has 1 unspecified atom stereocenters. The minimum atomic E-state index is 0.170. The predicted octanol–water partition coefficient (Wildman–Crippen LogP) is 0.960. The molecule has 2 aromatic rings. The zero-order valence-electron chi connectivity index (χ0n) is 13.6. The van der Waals surface area contributed by atoms with Crippen LogP contribution in [0.5, 0.6) is 0 Å². The van der Waals surface area contributed by atoms with Crippen LogP contribution in [-0.4, -0.2) is 55.2 Å². The average Bonchev–Trinajstić information content (AvgIpc) is 2.88. The van der Waals surface area contributed by atoms with Crippen LogP contribution in [0.3, 0.4) is 0 Å². The smallest absolute Gasteiger partial charge is 0.249 e. The van der Waals surface area contributed by atoms with Crippen molar-refractivity contribution in [3.05, 3.63) is 29.2 Å². The SMILES string of the molecule is CCC(N1CCOCC1)n1[nH][n+](=O)c2ccccc21.CNC. The van der Waals surface area contributed by atoms with Gasteiger partial charge in [0.05, 0.1) is 17.8 Å².